The van der Waals surface area contributed by atoms with Gasteiger partial charge in [0.1, 0.15) is 11.6 Å². The normalized spacial score (nSPS) is 21.0. The molecule has 6 nitrogen and oxygen atoms in total. The number of carbonyl (C=O) groups excluding carboxylic acids is 2. The van der Waals surface area contributed by atoms with Crippen molar-refractivity contribution in [2.75, 3.05) is 38.1 Å². The van der Waals surface area contributed by atoms with Crippen molar-refractivity contribution in [3.63, 3.8) is 0 Å². The topological polar surface area (TPSA) is 56.8 Å². The summed E-state index contributed by atoms with van der Waals surface area (Å²) in [6.07, 6.45) is 4.79. The van der Waals surface area contributed by atoms with E-state index in [1.54, 1.807) is 11.9 Å². The third-order valence-electron chi connectivity index (χ3n) is 4.80. The Balaban J connectivity index is 1.64. The first-order valence-electron chi connectivity index (χ1n) is 8.49. The molecule has 24 heavy (non-hydrogen) atoms. The molecule has 2 fully saturated rings. The summed E-state index contributed by atoms with van der Waals surface area (Å²) in [5.74, 6) is -0.320. The van der Waals surface area contributed by atoms with E-state index in [9.17, 15) is 14.0 Å². The molecule has 0 N–H and O–H groups in total. The zero-order valence-electron chi connectivity index (χ0n) is 13.9. The molecule has 3 heterocycles. The second-order valence-corrected chi connectivity index (χ2v) is 6.49. The van der Waals surface area contributed by atoms with Gasteiger partial charge < -0.3 is 9.80 Å². The van der Waals surface area contributed by atoms with Gasteiger partial charge in [-0.2, -0.15) is 0 Å². The predicted octanol–water partition coefficient (Wildman–Crippen LogP) is 2.11. The molecule has 2 saturated heterocycles. The maximum Gasteiger partial charge on any atom is 0.320 e. The van der Waals surface area contributed by atoms with E-state index in [4.69, 9.17) is 0 Å². The van der Waals surface area contributed by atoms with Crippen molar-refractivity contribution in [3.05, 3.63) is 24.1 Å². The number of nitrogens with zero attached hydrogens (tertiary/aromatic N) is 4. The molecular weight excluding hydrogens is 311 g/mol. The minimum atomic E-state index is -0.431. The van der Waals surface area contributed by atoms with Crippen molar-refractivity contribution >= 4 is 17.8 Å². The van der Waals surface area contributed by atoms with E-state index in [0.717, 1.165) is 45.0 Å². The van der Waals surface area contributed by atoms with Crippen LogP contribution in [0.2, 0.25) is 0 Å². The lowest BCUT2D eigenvalue weighted by molar-refractivity contribution is -0.123. The van der Waals surface area contributed by atoms with Gasteiger partial charge in [-0.1, -0.05) is 0 Å². The Morgan fingerprint density at radius 2 is 1.88 bits per heavy atom. The van der Waals surface area contributed by atoms with Crippen LogP contribution in [0.25, 0.3) is 0 Å². The number of urea groups is 1. The summed E-state index contributed by atoms with van der Waals surface area (Å²) in [7, 11) is 1.64. The van der Waals surface area contributed by atoms with Crippen molar-refractivity contribution in [3.8, 4) is 0 Å². The molecule has 3 rings (SSSR count). The first-order chi connectivity index (χ1) is 11.6. The van der Waals surface area contributed by atoms with Crippen LogP contribution in [0.3, 0.4) is 0 Å². The number of likely N-dealkylation sites (tertiary alicyclic amines) is 2. The SMILES string of the molecule is CN(C(=O)C1CCCN(C(=O)N2CCCC2)C1)c1ccc(F)cn1. The lowest BCUT2D eigenvalue weighted by atomic mass is 9.97. The van der Waals surface area contributed by atoms with Gasteiger partial charge in [-0.25, -0.2) is 14.2 Å². The molecule has 2 aliphatic rings. The largest absolute Gasteiger partial charge is 0.325 e. The van der Waals surface area contributed by atoms with Gasteiger partial charge in [-0.15, -0.1) is 0 Å². The number of amides is 3. The van der Waals surface area contributed by atoms with Crippen molar-refractivity contribution in [2.24, 2.45) is 5.92 Å². The van der Waals surface area contributed by atoms with E-state index in [2.05, 4.69) is 4.98 Å². The number of carbonyl (C=O) groups is 2. The summed E-state index contributed by atoms with van der Waals surface area (Å²) < 4.78 is 13.0. The Kier molecular flexibility index (Phi) is 4.97. The van der Waals surface area contributed by atoms with Gasteiger partial charge in [-0.3, -0.25) is 9.69 Å². The van der Waals surface area contributed by atoms with Crippen molar-refractivity contribution in [1.82, 2.24) is 14.8 Å². The molecule has 0 saturated carbocycles. The van der Waals surface area contributed by atoms with E-state index in [0.29, 0.717) is 18.9 Å². The van der Waals surface area contributed by atoms with Crippen LogP contribution in [0.5, 0.6) is 0 Å². The summed E-state index contributed by atoms with van der Waals surface area (Å²) in [4.78, 5) is 34.3. The minimum Gasteiger partial charge on any atom is -0.325 e. The van der Waals surface area contributed by atoms with Gasteiger partial charge in [0, 0.05) is 33.2 Å². The van der Waals surface area contributed by atoms with Crippen LogP contribution in [0.1, 0.15) is 25.7 Å². The maximum absolute atomic E-state index is 13.0. The number of anilines is 1. The molecule has 1 aromatic rings. The minimum absolute atomic E-state index is 0.0487. The molecule has 1 aromatic heterocycles. The van der Waals surface area contributed by atoms with Crippen LogP contribution in [0.15, 0.2) is 18.3 Å². The third-order valence-corrected chi connectivity index (χ3v) is 4.80. The molecule has 1 unspecified atom stereocenters. The highest BCUT2D eigenvalue weighted by molar-refractivity contribution is 5.94. The van der Waals surface area contributed by atoms with Crippen molar-refractivity contribution < 1.29 is 14.0 Å². The Morgan fingerprint density at radius 3 is 2.54 bits per heavy atom. The quantitative estimate of drug-likeness (QED) is 0.832. The number of rotatable bonds is 2. The molecular formula is C17H23FN4O2. The fourth-order valence-corrected chi connectivity index (χ4v) is 3.41. The Bertz CT molecular complexity index is 601. The van der Waals surface area contributed by atoms with E-state index in [1.165, 1.54) is 17.0 Å². The Labute approximate surface area is 141 Å². The first-order valence-corrected chi connectivity index (χ1v) is 8.49. The molecule has 2 aliphatic heterocycles. The van der Waals surface area contributed by atoms with Gasteiger partial charge in [-0.05, 0) is 37.8 Å². The average molecular weight is 334 g/mol. The summed E-state index contributed by atoms with van der Waals surface area (Å²) in [5.41, 5.74) is 0. The molecule has 0 radical (unpaired) electrons. The first kappa shape index (κ1) is 16.7. The van der Waals surface area contributed by atoms with Crippen LogP contribution in [-0.2, 0) is 4.79 Å². The predicted molar refractivity (Wildman–Crippen MR) is 88.1 cm³/mol. The Hall–Kier alpha value is -2.18. The van der Waals surface area contributed by atoms with E-state index in [1.807, 2.05) is 4.90 Å². The summed E-state index contributed by atoms with van der Waals surface area (Å²) in [6.45, 7) is 2.78. The van der Waals surface area contributed by atoms with Gasteiger partial charge in [0.15, 0.2) is 0 Å². The highest BCUT2D eigenvalue weighted by atomic mass is 19.1. The van der Waals surface area contributed by atoms with Crippen LogP contribution in [0, 0.1) is 11.7 Å². The van der Waals surface area contributed by atoms with Crippen molar-refractivity contribution in [2.45, 2.75) is 25.7 Å². The lowest BCUT2D eigenvalue weighted by Crippen LogP contribution is -2.50. The Morgan fingerprint density at radius 1 is 1.17 bits per heavy atom. The summed E-state index contributed by atoms with van der Waals surface area (Å²) in [6, 6.07) is 2.83. The van der Waals surface area contributed by atoms with Crippen LogP contribution >= 0.6 is 0 Å². The lowest BCUT2D eigenvalue weighted by Gasteiger charge is -2.35. The number of piperidine rings is 1. The summed E-state index contributed by atoms with van der Waals surface area (Å²) >= 11 is 0. The molecule has 7 heteroatoms. The fourth-order valence-electron chi connectivity index (χ4n) is 3.41. The number of hydrogen-bond donors (Lipinski definition) is 0. The molecule has 0 spiro atoms. The fraction of sp³-hybridized carbons (Fsp3) is 0.588. The van der Waals surface area contributed by atoms with Gasteiger partial charge in [0.25, 0.3) is 0 Å². The van der Waals surface area contributed by atoms with Gasteiger partial charge >= 0.3 is 6.03 Å². The van der Waals surface area contributed by atoms with Crippen molar-refractivity contribution in [1.29, 1.82) is 0 Å². The molecule has 130 valence electrons. The number of aromatic nitrogens is 1. The van der Waals surface area contributed by atoms with Crippen LogP contribution in [0.4, 0.5) is 15.0 Å². The third kappa shape index (κ3) is 3.49. The maximum atomic E-state index is 13.0. The highest BCUT2D eigenvalue weighted by Gasteiger charge is 2.33. The molecule has 1 atom stereocenters. The van der Waals surface area contributed by atoms with E-state index < -0.39 is 5.82 Å². The molecule has 0 bridgehead atoms. The van der Waals surface area contributed by atoms with E-state index in [-0.39, 0.29) is 17.9 Å². The molecule has 3 amide bonds. The average Bonchev–Trinajstić information content (AvgIpc) is 3.15. The van der Waals surface area contributed by atoms with Gasteiger partial charge in [0.05, 0.1) is 12.1 Å². The smallest absolute Gasteiger partial charge is 0.320 e. The number of pyridine rings is 1. The monoisotopic (exact) mass is 334 g/mol. The van der Waals surface area contributed by atoms with Crippen LogP contribution < -0.4 is 4.90 Å². The zero-order chi connectivity index (χ0) is 17.1. The number of hydrogen-bond acceptors (Lipinski definition) is 3. The highest BCUT2D eigenvalue weighted by Crippen LogP contribution is 2.23. The second-order valence-electron chi connectivity index (χ2n) is 6.49. The molecule has 0 aliphatic carbocycles. The summed E-state index contributed by atoms with van der Waals surface area (Å²) in [5, 5.41) is 0. The second kappa shape index (κ2) is 7.15. The zero-order valence-corrected chi connectivity index (χ0v) is 13.9. The van der Waals surface area contributed by atoms with Crippen LogP contribution in [-0.4, -0.2) is 59.9 Å². The standard InChI is InChI=1S/C17H23FN4O2/c1-20(15-7-6-14(18)11-19-15)16(23)13-5-4-10-22(12-13)17(24)21-8-2-3-9-21/h6-7,11,13H,2-5,8-10,12H2,1H3. The number of halogens is 1. The van der Waals surface area contributed by atoms with Gasteiger partial charge in [0.2, 0.25) is 5.91 Å². The molecule has 0 aromatic carbocycles. The van der Waals surface area contributed by atoms with E-state index >= 15 is 0 Å².